The lowest BCUT2D eigenvalue weighted by Crippen LogP contribution is -2.32. The third-order valence-electron chi connectivity index (χ3n) is 3.99. The highest BCUT2D eigenvalue weighted by Crippen LogP contribution is 2.34. The number of amides is 2. The van der Waals surface area contributed by atoms with Crippen molar-refractivity contribution in [2.75, 3.05) is 11.9 Å². The van der Waals surface area contributed by atoms with Crippen molar-refractivity contribution >= 4 is 29.4 Å². The quantitative estimate of drug-likeness (QED) is 0.328. The summed E-state index contributed by atoms with van der Waals surface area (Å²) in [6, 6.07) is 7.53. The van der Waals surface area contributed by atoms with E-state index in [4.69, 9.17) is 4.74 Å². The molecule has 2 N–H and O–H groups in total. The number of benzene rings is 2. The van der Waals surface area contributed by atoms with Gasteiger partial charge in [-0.05, 0) is 44.0 Å². The number of nitrogens with one attached hydrogen (secondary N) is 2. The standard InChI is InChI=1S/C19H20N4O6/c1-4-29-16-9-13(8-15(17(16)24)23(27)28)10-20-22-19(26)18(25)21-14-7-5-6-11(2)12(14)3/h5-10,24H,4H2,1-3H3,(H,21,25)(H,22,26)/p-1/b20-10-. The topological polar surface area (TPSA) is 146 Å². The van der Waals surface area contributed by atoms with E-state index in [1.54, 1.807) is 19.1 Å². The maximum absolute atomic E-state index is 12.0. The predicted octanol–water partition coefficient (Wildman–Crippen LogP) is 1.77. The Hall–Kier alpha value is -3.95. The van der Waals surface area contributed by atoms with Crippen molar-refractivity contribution in [3.8, 4) is 11.5 Å². The van der Waals surface area contributed by atoms with E-state index in [2.05, 4.69) is 10.4 Å². The molecule has 0 unspecified atom stereocenters. The molecule has 10 nitrogen and oxygen atoms in total. The minimum atomic E-state index is -1.03. The van der Waals surface area contributed by atoms with Gasteiger partial charge in [0.15, 0.2) is 0 Å². The summed E-state index contributed by atoms with van der Waals surface area (Å²) in [5.41, 5.74) is 3.77. The number of ether oxygens (including phenoxy) is 1. The van der Waals surface area contributed by atoms with Gasteiger partial charge in [0.2, 0.25) is 0 Å². The highest BCUT2D eigenvalue weighted by atomic mass is 16.6. The summed E-state index contributed by atoms with van der Waals surface area (Å²) in [5, 5.41) is 29.0. The van der Waals surface area contributed by atoms with Crippen LogP contribution >= 0.6 is 0 Å². The Balaban J connectivity index is 2.10. The number of aryl methyl sites for hydroxylation is 1. The molecule has 29 heavy (non-hydrogen) atoms. The lowest BCUT2D eigenvalue weighted by molar-refractivity contribution is -0.398. The lowest BCUT2D eigenvalue weighted by atomic mass is 10.1. The second-order valence-electron chi connectivity index (χ2n) is 5.96. The largest absolute Gasteiger partial charge is 0.865 e. The van der Waals surface area contributed by atoms with Crippen LogP contribution in [0.4, 0.5) is 11.4 Å². The van der Waals surface area contributed by atoms with Crippen LogP contribution in [0.3, 0.4) is 0 Å². The number of anilines is 1. The fourth-order valence-corrected chi connectivity index (χ4v) is 2.36. The molecule has 0 radical (unpaired) electrons. The second kappa shape index (κ2) is 9.31. The number of nitro benzene ring substituents is 1. The second-order valence-corrected chi connectivity index (χ2v) is 5.96. The molecule has 2 aromatic carbocycles. The third kappa shape index (κ3) is 5.28. The van der Waals surface area contributed by atoms with Gasteiger partial charge < -0.3 is 15.2 Å². The molecular formula is C19H19N4O6-. The van der Waals surface area contributed by atoms with Crippen molar-refractivity contribution in [2.45, 2.75) is 20.8 Å². The van der Waals surface area contributed by atoms with Gasteiger partial charge in [-0.15, -0.1) is 0 Å². The maximum Gasteiger partial charge on any atom is 0.329 e. The van der Waals surface area contributed by atoms with Crippen LogP contribution in [0.1, 0.15) is 23.6 Å². The number of hydrogen-bond donors (Lipinski definition) is 2. The van der Waals surface area contributed by atoms with E-state index < -0.39 is 28.2 Å². The summed E-state index contributed by atoms with van der Waals surface area (Å²) in [6.07, 6.45) is 1.07. The third-order valence-corrected chi connectivity index (χ3v) is 3.99. The van der Waals surface area contributed by atoms with Crippen LogP contribution in [0.5, 0.6) is 11.5 Å². The fourth-order valence-electron chi connectivity index (χ4n) is 2.36. The Morgan fingerprint density at radius 2 is 1.97 bits per heavy atom. The highest BCUT2D eigenvalue weighted by Gasteiger charge is 2.15. The monoisotopic (exact) mass is 399 g/mol. The molecule has 0 saturated heterocycles. The van der Waals surface area contributed by atoms with Gasteiger partial charge in [0.1, 0.15) is 5.75 Å². The Bertz CT molecular complexity index is 987. The van der Waals surface area contributed by atoms with Crippen LogP contribution in [0.2, 0.25) is 0 Å². The summed E-state index contributed by atoms with van der Waals surface area (Å²) in [6.45, 7) is 5.45. The Kier molecular flexibility index (Phi) is 6.85. The smallest absolute Gasteiger partial charge is 0.329 e. The molecule has 2 rings (SSSR count). The van der Waals surface area contributed by atoms with Gasteiger partial charge in [-0.25, -0.2) is 5.43 Å². The minimum absolute atomic E-state index is 0.141. The van der Waals surface area contributed by atoms with Crippen molar-refractivity contribution in [2.24, 2.45) is 5.10 Å². The highest BCUT2D eigenvalue weighted by molar-refractivity contribution is 6.39. The van der Waals surface area contributed by atoms with Gasteiger partial charge in [-0.2, -0.15) is 5.10 Å². The number of carbonyl (C=O) groups excluding carboxylic acids is 2. The molecule has 10 heteroatoms. The predicted molar refractivity (Wildman–Crippen MR) is 104 cm³/mol. The van der Waals surface area contributed by atoms with E-state index in [1.807, 2.05) is 25.3 Å². The first kappa shape index (κ1) is 21.4. The van der Waals surface area contributed by atoms with Crippen LogP contribution in [-0.2, 0) is 9.59 Å². The Morgan fingerprint density at radius 1 is 1.24 bits per heavy atom. The molecule has 0 aliphatic rings. The van der Waals surface area contributed by atoms with E-state index in [0.717, 1.165) is 23.4 Å². The van der Waals surface area contributed by atoms with Crippen molar-refractivity contribution in [3.05, 3.63) is 57.1 Å². The summed E-state index contributed by atoms with van der Waals surface area (Å²) in [5.74, 6) is -3.01. The zero-order valence-corrected chi connectivity index (χ0v) is 16.0. The molecule has 0 saturated carbocycles. The lowest BCUT2D eigenvalue weighted by Gasteiger charge is -2.14. The number of rotatable bonds is 6. The van der Waals surface area contributed by atoms with Crippen LogP contribution in [0, 0.1) is 24.0 Å². The van der Waals surface area contributed by atoms with Crippen molar-refractivity contribution in [1.29, 1.82) is 0 Å². The summed E-state index contributed by atoms with van der Waals surface area (Å²) >= 11 is 0. The van der Waals surface area contributed by atoms with Gasteiger partial charge in [0.05, 0.1) is 17.7 Å². The Morgan fingerprint density at radius 3 is 2.62 bits per heavy atom. The van der Waals surface area contributed by atoms with Gasteiger partial charge in [-0.3, -0.25) is 19.7 Å². The molecule has 0 aromatic heterocycles. The van der Waals surface area contributed by atoms with E-state index in [-0.39, 0.29) is 17.9 Å². The summed E-state index contributed by atoms with van der Waals surface area (Å²) in [7, 11) is 0. The molecule has 0 fully saturated rings. The van der Waals surface area contributed by atoms with Crippen molar-refractivity contribution < 1.29 is 24.4 Å². The van der Waals surface area contributed by atoms with E-state index in [1.165, 1.54) is 6.07 Å². The Labute approximate surface area is 166 Å². The number of nitro groups is 1. The normalized spacial score (nSPS) is 10.6. The van der Waals surface area contributed by atoms with Crippen LogP contribution in [0.25, 0.3) is 0 Å². The first-order valence-corrected chi connectivity index (χ1v) is 8.57. The fraction of sp³-hybridized carbons (Fsp3) is 0.211. The van der Waals surface area contributed by atoms with Gasteiger partial charge in [0, 0.05) is 23.1 Å². The number of nitrogens with zero attached hydrogens (tertiary/aromatic N) is 2. The molecule has 0 atom stereocenters. The number of carbonyl (C=O) groups is 2. The van der Waals surface area contributed by atoms with Gasteiger partial charge in [-0.1, -0.05) is 12.1 Å². The molecule has 2 aromatic rings. The molecule has 152 valence electrons. The molecule has 2 amide bonds. The molecular weight excluding hydrogens is 380 g/mol. The van der Waals surface area contributed by atoms with Crippen LogP contribution in [0.15, 0.2) is 35.4 Å². The first-order chi connectivity index (χ1) is 13.7. The first-order valence-electron chi connectivity index (χ1n) is 8.57. The van der Waals surface area contributed by atoms with E-state index in [0.29, 0.717) is 5.69 Å². The summed E-state index contributed by atoms with van der Waals surface area (Å²) < 4.78 is 5.09. The molecule has 0 spiro atoms. The number of hydrogen-bond acceptors (Lipinski definition) is 7. The SMILES string of the molecule is CCOc1cc(/C=N\NC(=O)C(=O)Nc2cccc(C)c2C)cc([N+](=O)[O-])c1[O-]. The number of hydrazone groups is 1. The zero-order chi connectivity index (χ0) is 21.6. The van der Waals surface area contributed by atoms with Crippen molar-refractivity contribution in [1.82, 2.24) is 5.43 Å². The van der Waals surface area contributed by atoms with E-state index in [9.17, 15) is 24.8 Å². The average molecular weight is 399 g/mol. The molecule has 0 heterocycles. The molecule has 0 bridgehead atoms. The average Bonchev–Trinajstić information content (AvgIpc) is 2.67. The molecule has 0 aliphatic heterocycles. The minimum Gasteiger partial charge on any atom is -0.865 e. The van der Waals surface area contributed by atoms with Crippen LogP contribution < -0.4 is 20.6 Å². The van der Waals surface area contributed by atoms with Gasteiger partial charge >= 0.3 is 11.8 Å². The van der Waals surface area contributed by atoms with Crippen LogP contribution in [-0.4, -0.2) is 29.6 Å². The molecule has 0 aliphatic carbocycles. The zero-order valence-electron chi connectivity index (χ0n) is 16.0. The van der Waals surface area contributed by atoms with Gasteiger partial charge in [0.25, 0.3) is 5.69 Å². The van der Waals surface area contributed by atoms with Crippen molar-refractivity contribution in [3.63, 3.8) is 0 Å². The summed E-state index contributed by atoms with van der Waals surface area (Å²) in [4.78, 5) is 34.1. The van der Waals surface area contributed by atoms with E-state index >= 15 is 0 Å². The maximum atomic E-state index is 12.0.